The van der Waals surface area contributed by atoms with E-state index in [1.165, 1.54) is 12.0 Å². The van der Waals surface area contributed by atoms with Gasteiger partial charge in [0.2, 0.25) is 11.7 Å². The summed E-state index contributed by atoms with van der Waals surface area (Å²) in [4.78, 5) is 39.0. The standard InChI is InChI=1S/C25H23F3N2O4/c1-14-3-8-20(23(32)29-14)30-13-16-11-15(4-7-18(16)24(30)33)5-10-22(31)25(27,28)19-12-17(26)6-9-21(19)34-2/h4,6-7,9,11-12,20H,1,3,5,8,10,13H2,2H3,(H,29,32). The summed E-state index contributed by atoms with van der Waals surface area (Å²) in [5.41, 5.74) is 1.52. The average Bonchev–Trinajstić information content (AvgIpc) is 3.12. The highest BCUT2D eigenvalue weighted by Gasteiger charge is 2.43. The number of aryl methyl sites for hydroxylation is 1. The molecule has 1 fully saturated rings. The van der Waals surface area contributed by atoms with Gasteiger partial charge in [-0.3, -0.25) is 14.4 Å². The molecule has 2 aromatic rings. The molecule has 6 nitrogen and oxygen atoms in total. The molecular weight excluding hydrogens is 449 g/mol. The van der Waals surface area contributed by atoms with Gasteiger partial charge >= 0.3 is 5.92 Å². The molecule has 1 N–H and O–H groups in total. The molecule has 0 spiro atoms. The summed E-state index contributed by atoms with van der Waals surface area (Å²) in [7, 11) is 1.17. The monoisotopic (exact) mass is 472 g/mol. The topological polar surface area (TPSA) is 75.7 Å². The smallest absolute Gasteiger partial charge is 0.334 e. The molecule has 4 rings (SSSR count). The summed E-state index contributed by atoms with van der Waals surface area (Å²) in [6, 6.07) is 6.92. The lowest BCUT2D eigenvalue weighted by atomic mass is 9.97. The molecule has 1 saturated heterocycles. The molecule has 2 amide bonds. The lowest BCUT2D eigenvalue weighted by Gasteiger charge is -2.30. The molecule has 1 unspecified atom stereocenters. The predicted octanol–water partition coefficient (Wildman–Crippen LogP) is 3.88. The van der Waals surface area contributed by atoms with E-state index in [0.29, 0.717) is 41.3 Å². The van der Waals surface area contributed by atoms with Gasteiger partial charge in [-0.1, -0.05) is 18.7 Å². The Bertz CT molecular complexity index is 1190. The van der Waals surface area contributed by atoms with Crippen LogP contribution in [0.2, 0.25) is 0 Å². The van der Waals surface area contributed by atoms with Gasteiger partial charge in [0.05, 0.1) is 12.7 Å². The van der Waals surface area contributed by atoms with Crippen LogP contribution < -0.4 is 10.1 Å². The van der Waals surface area contributed by atoms with E-state index in [1.807, 2.05) is 0 Å². The fourth-order valence-electron chi connectivity index (χ4n) is 4.35. The van der Waals surface area contributed by atoms with Crippen molar-refractivity contribution in [2.75, 3.05) is 7.11 Å². The molecule has 178 valence electrons. The number of allylic oxidation sites excluding steroid dienone is 1. The Morgan fingerprint density at radius 3 is 2.71 bits per heavy atom. The molecule has 0 bridgehead atoms. The van der Waals surface area contributed by atoms with Crippen LogP contribution in [-0.2, 0) is 28.5 Å². The number of alkyl halides is 2. The number of nitrogens with one attached hydrogen (secondary N) is 1. The lowest BCUT2D eigenvalue weighted by Crippen LogP contribution is -2.49. The minimum absolute atomic E-state index is 0.0112. The molecule has 2 aromatic carbocycles. The number of ether oxygens (including phenoxy) is 1. The van der Waals surface area contributed by atoms with Crippen molar-refractivity contribution in [3.8, 4) is 5.75 Å². The summed E-state index contributed by atoms with van der Waals surface area (Å²) in [5.74, 6) is -7.00. The maximum atomic E-state index is 14.8. The summed E-state index contributed by atoms with van der Waals surface area (Å²) in [5, 5.41) is 2.67. The van der Waals surface area contributed by atoms with Crippen LogP contribution in [0, 0.1) is 5.82 Å². The van der Waals surface area contributed by atoms with Gasteiger partial charge in [-0.15, -0.1) is 0 Å². The van der Waals surface area contributed by atoms with Crippen molar-refractivity contribution in [2.45, 2.75) is 44.2 Å². The number of methoxy groups -OCH3 is 1. The zero-order valence-electron chi connectivity index (χ0n) is 18.5. The largest absolute Gasteiger partial charge is 0.496 e. The predicted molar refractivity (Wildman–Crippen MR) is 117 cm³/mol. The van der Waals surface area contributed by atoms with Gasteiger partial charge in [-0.2, -0.15) is 8.78 Å². The number of fused-ring (bicyclic) bond motifs is 1. The lowest BCUT2D eigenvalue weighted by molar-refractivity contribution is -0.144. The molecule has 0 aliphatic carbocycles. The molecule has 2 aliphatic heterocycles. The number of benzene rings is 2. The van der Waals surface area contributed by atoms with Gasteiger partial charge < -0.3 is 15.0 Å². The third kappa shape index (κ3) is 4.30. The maximum Gasteiger partial charge on any atom is 0.334 e. The summed E-state index contributed by atoms with van der Waals surface area (Å²) in [6.07, 6.45) is 0.576. The van der Waals surface area contributed by atoms with E-state index in [9.17, 15) is 27.6 Å². The Hall–Kier alpha value is -3.62. The van der Waals surface area contributed by atoms with Crippen LogP contribution in [0.3, 0.4) is 0 Å². The first-order valence-corrected chi connectivity index (χ1v) is 10.8. The number of halogens is 3. The highest BCUT2D eigenvalue weighted by atomic mass is 19.3. The first kappa shape index (κ1) is 23.5. The molecular formula is C25H23F3N2O4. The van der Waals surface area contributed by atoms with Crippen LogP contribution in [0.5, 0.6) is 5.75 Å². The zero-order chi connectivity index (χ0) is 24.6. The highest BCUT2D eigenvalue weighted by Crippen LogP contribution is 2.37. The van der Waals surface area contributed by atoms with Crippen LogP contribution in [0.1, 0.15) is 46.3 Å². The van der Waals surface area contributed by atoms with E-state index in [2.05, 4.69) is 11.9 Å². The number of hydrogen-bond donors (Lipinski definition) is 1. The van der Waals surface area contributed by atoms with Crippen LogP contribution in [-0.4, -0.2) is 35.6 Å². The summed E-state index contributed by atoms with van der Waals surface area (Å²) < 4.78 is 48.0. The first-order valence-electron chi connectivity index (χ1n) is 10.8. The van der Waals surface area contributed by atoms with Crippen molar-refractivity contribution in [3.63, 3.8) is 0 Å². The number of nitrogens with zero attached hydrogens (tertiary/aromatic N) is 1. The zero-order valence-corrected chi connectivity index (χ0v) is 18.5. The van der Waals surface area contributed by atoms with Crippen LogP contribution in [0.4, 0.5) is 13.2 Å². The molecule has 34 heavy (non-hydrogen) atoms. The molecule has 2 heterocycles. The summed E-state index contributed by atoms with van der Waals surface area (Å²) in [6.45, 7) is 3.96. The van der Waals surface area contributed by atoms with E-state index in [1.54, 1.807) is 18.2 Å². The van der Waals surface area contributed by atoms with E-state index >= 15 is 0 Å². The number of ketones is 1. The van der Waals surface area contributed by atoms with Crippen molar-refractivity contribution >= 4 is 17.6 Å². The fraction of sp³-hybridized carbons (Fsp3) is 0.320. The second-order valence-electron chi connectivity index (χ2n) is 8.41. The summed E-state index contributed by atoms with van der Waals surface area (Å²) >= 11 is 0. The second-order valence-corrected chi connectivity index (χ2v) is 8.41. The van der Waals surface area contributed by atoms with Crippen molar-refractivity contribution in [2.24, 2.45) is 0 Å². The molecule has 1 atom stereocenters. The van der Waals surface area contributed by atoms with E-state index in [0.717, 1.165) is 12.1 Å². The second kappa shape index (κ2) is 8.96. The van der Waals surface area contributed by atoms with Crippen molar-refractivity contribution in [1.29, 1.82) is 0 Å². The van der Waals surface area contributed by atoms with Gasteiger partial charge in [0.25, 0.3) is 5.91 Å². The quantitative estimate of drug-likeness (QED) is 0.664. The first-order chi connectivity index (χ1) is 16.1. The maximum absolute atomic E-state index is 14.8. The van der Waals surface area contributed by atoms with Gasteiger partial charge in [0, 0.05) is 24.2 Å². The fourth-order valence-corrected chi connectivity index (χ4v) is 4.35. The minimum atomic E-state index is -3.92. The van der Waals surface area contributed by atoms with Crippen molar-refractivity contribution in [3.05, 3.63) is 76.7 Å². The highest BCUT2D eigenvalue weighted by molar-refractivity contribution is 6.01. The molecule has 2 aliphatic rings. The van der Waals surface area contributed by atoms with Gasteiger partial charge in [-0.05, 0) is 54.7 Å². The molecule has 0 saturated carbocycles. The number of rotatable bonds is 7. The number of piperidine rings is 1. The van der Waals surface area contributed by atoms with Gasteiger partial charge in [0.15, 0.2) is 0 Å². The van der Waals surface area contributed by atoms with Crippen molar-refractivity contribution in [1.82, 2.24) is 10.2 Å². The van der Waals surface area contributed by atoms with E-state index < -0.39 is 35.5 Å². The van der Waals surface area contributed by atoms with Crippen molar-refractivity contribution < 1.29 is 32.3 Å². The normalized spacial score (nSPS) is 18.1. The Balaban J connectivity index is 1.46. The third-order valence-electron chi connectivity index (χ3n) is 6.19. The molecule has 9 heteroatoms. The minimum Gasteiger partial charge on any atom is -0.496 e. The third-order valence-corrected chi connectivity index (χ3v) is 6.19. The van der Waals surface area contributed by atoms with Crippen LogP contribution in [0.25, 0.3) is 0 Å². The van der Waals surface area contributed by atoms with E-state index in [4.69, 9.17) is 4.74 Å². The SMILES string of the molecule is C=C1CCC(N2Cc3cc(CCC(=O)C(F)(F)c4cc(F)ccc4OC)ccc3C2=O)C(=O)N1. The Morgan fingerprint density at radius 2 is 2.00 bits per heavy atom. The Kier molecular flexibility index (Phi) is 6.20. The number of carbonyl (C=O) groups is 3. The Morgan fingerprint density at radius 1 is 1.24 bits per heavy atom. The number of hydrogen-bond acceptors (Lipinski definition) is 4. The van der Waals surface area contributed by atoms with E-state index in [-0.39, 0.29) is 30.5 Å². The van der Waals surface area contributed by atoms with Gasteiger partial charge in [0.1, 0.15) is 17.6 Å². The van der Waals surface area contributed by atoms with Crippen LogP contribution >= 0.6 is 0 Å². The van der Waals surface area contributed by atoms with Crippen LogP contribution in [0.15, 0.2) is 48.7 Å². The average molecular weight is 472 g/mol. The Labute approximate surface area is 194 Å². The molecule has 0 aromatic heterocycles. The number of Topliss-reactive ketones (excluding diaryl/α,β-unsaturated/α-hetero) is 1. The number of carbonyl (C=O) groups excluding carboxylic acids is 3. The molecule has 0 radical (unpaired) electrons. The van der Waals surface area contributed by atoms with Gasteiger partial charge in [-0.25, -0.2) is 4.39 Å². The number of amides is 2.